The molecule has 0 aromatic heterocycles. The third-order valence-electron chi connectivity index (χ3n) is 5.26. The molecule has 1 aliphatic carbocycles. The van der Waals surface area contributed by atoms with E-state index in [-0.39, 0.29) is 17.1 Å². The molecule has 3 rings (SSSR count). The first-order chi connectivity index (χ1) is 12.6. The van der Waals surface area contributed by atoms with Crippen molar-refractivity contribution in [1.82, 2.24) is 15.5 Å². The van der Waals surface area contributed by atoms with Gasteiger partial charge in [-0.25, -0.2) is 4.39 Å². The highest BCUT2D eigenvalue weighted by Crippen LogP contribution is 2.48. The van der Waals surface area contributed by atoms with Gasteiger partial charge in [-0.2, -0.15) is 0 Å². The van der Waals surface area contributed by atoms with E-state index in [1.165, 1.54) is 6.07 Å². The molecular formula is C20H29FN4O. The Morgan fingerprint density at radius 1 is 1.27 bits per heavy atom. The summed E-state index contributed by atoms with van der Waals surface area (Å²) in [6.45, 7) is 5.77. The van der Waals surface area contributed by atoms with Crippen LogP contribution in [-0.4, -0.2) is 49.5 Å². The second-order valence-electron chi connectivity index (χ2n) is 7.25. The predicted octanol–water partition coefficient (Wildman–Crippen LogP) is 2.42. The second-order valence-corrected chi connectivity index (χ2v) is 7.25. The lowest BCUT2D eigenvalue weighted by Gasteiger charge is -2.17. The zero-order valence-electron chi connectivity index (χ0n) is 15.6. The van der Waals surface area contributed by atoms with Gasteiger partial charge in [-0.3, -0.25) is 9.79 Å². The van der Waals surface area contributed by atoms with E-state index in [1.807, 2.05) is 17.9 Å². The second kappa shape index (κ2) is 8.52. The van der Waals surface area contributed by atoms with Crippen LogP contribution in [0.4, 0.5) is 4.39 Å². The fourth-order valence-corrected chi connectivity index (χ4v) is 3.49. The third-order valence-corrected chi connectivity index (χ3v) is 5.26. The highest BCUT2D eigenvalue weighted by atomic mass is 19.1. The van der Waals surface area contributed by atoms with Crippen molar-refractivity contribution in [3.8, 4) is 0 Å². The fraction of sp³-hybridized carbons (Fsp3) is 0.600. The van der Waals surface area contributed by atoms with Gasteiger partial charge in [-0.15, -0.1) is 0 Å². The molecular weight excluding hydrogens is 331 g/mol. The van der Waals surface area contributed by atoms with Crippen LogP contribution in [0.3, 0.4) is 0 Å². The third kappa shape index (κ3) is 4.74. The summed E-state index contributed by atoms with van der Waals surface area (Å²) < 4.78 is 13.5. The number of nitrogens with one attached hydrogen (secondary N) is 2. The lowest BCUT2D eigenvalue weighted by Crippen LogP contribution is -2.40. The largest absolute Gasteiger partial charge is 0.357 e. The molecule has 1 saturated carbocycles. The Morgan fingerprint density at radius 2 is 2.04 bits per heavy atom. The van der Waals surface area contributed by atoms with Crippen LogP contribution in [0.15, 0.2) is 29.3 Å². The maximum absolute atomic E-state index is 13.5. The maximum Gasteiger partial charge on any atom is 0.224 e. The lowest BCUT2D eigenvalue weighted by molar-refractivity contribution is -0.129. The number of halogens is 1. The average molecular weight is 360 g/mol. The van der Waals surface area contributed by atoms with Crippen molar-refractivity contribution in [2.24, 2.45) is 4.99 Å². The minimum Gasteiger partial charge on any atom is -0.357 e. The van der Waals surface area contributed by atoms with Crippen LogP contribution in [0.25, 0.3) is 0 Å². The van der Waals surface area contributed by atoms with Gasteiger partial charge >= 0.3 is 0 Å². The van der Waals surface area contributed by atoms with Gasteiger partial charge in [0.1, 0.15) is 5.82 Å². The van der Waals surface area contributed by atoms with Gasteiger partial charge in [0, 0.05) is 38.0 Å². The van der Waals surface area contributed by atoms with Crippen molar-refractivity contribution in [2.75, 3.05) is 32.7 Å². The number of carbonyl (C=O) groups is 1. The molecule has 0 radical (unpaired) electrons. The van der Waals surface area contributed by atoms with E-state index >= 15 is 0 Å². The number of hydrogen-bond donors (Lipinski definition) is 2. The highest BCUT2D eigenvalue weighted by Gasteiger charge is 2.44. The van der Waals surface area contributed by atoms with Crippen LogP contribution >= 0.6 is 0 Å². The Labute approximate surface area is 155 Å². The monoisotopic (exact) mass is 360 g/mol. The molecule has 2 aliphatic rings. The minimum absolute atomic E-state index is 0.0319. The Kier molecular flexibility index (Phi) is 6.12. The summed E-state index contributed by atoms with van der Waals surface area (Å²) in [6, 6.07) is 6.85. The van der Waals surface area contributed by atoms with Crippen LogP contribution < -0.4 is 10.6 Å². The summed E-state index contributed by atoms with van der Waals surface area (Å²) in [5, 5.41) is 6.48. The molecule has 1 heterocycles. The summed E-state index contributed by atoms with van der Waals surface area (Å²) in [7, 11) is 0. The molecule has 0 spiro atoms. The molecule has 0 atom stereocenters. The van der Waals surface area contributed by atoms with Crippen LogP contribution in [-0.2, 0) is 10.2 Å². The number of nitrogens with zero attached hydrogens (tertiary/aromatic N) is 2. The molecule has 5 nitrogen and oxygen atoms in total. The van der Waals surface area contributed by atoms with Crippen molar-refractivity contribution in [2.45, 2.75) is 44.4 Å². The van der Waals surface area contributed by atoms with Crippen molar-refractivity contribution < 1.29 is 9.18 Å². The molecule has 1 aromatic carbocycles. The number of benzene rings is 1. The van der Waals surface area contributed by atoms with Crippen molar-refractivity contribution in [3.05, 3.63) is 35.6 Å². The van der Waals surface area contributed by atoms with Crippen LogP contribution in [0.1, 0.15) is 44.6 Å². The van der Waals surface area contributed by atoms with Gasteiger partial charge in [-0.1, -0.05) is 12.1 Å². The van der Waals surface area contributed by atoms with Crippen molar-refractivity contribution in [3.63, 3.8) is 0 Å². The number of rotatable bonds is 7. The summed E-state index contributed by atoms with van der Waals surface area (Å²) in [4.78, 5) is 18.8. The lowest BCUT2D eigenvalue weighted by atomic mass is 9.96. The first kappa shape index (κ1) is 18.7. The van der Waals surface area contributed by atoms with E-state index in [4.69, 9.17) is 4.99 Å². The molecule has 2 fully saturated rings. The van der Waals surface area contributed by atoms with Crippen molar-refractivity contribution >= 4 is 11.9 Å². The van der Waals surface area contributed by atoms with E-state index in [0.29, 0.717) is 19.5 Å². The molecule has 26 heavy (non-hydrogen) atoms. The fourth-order valence-electron chi connectivity index (χ4n) is 3.49. The summed E-state index contributed by atoms with van der Waals surface area (Å²) >= 11 is 0. The molecule has 2 N–H and O–H groups in total. The Morgan fingerprint density at radius 3 is 2.69 bits per heavy atom. The molecule has 1 aliphatic heterocycles. The van der Waals surface area contributed by atoms with Crippen LogP contribution in [0.2, 0.25) is 0 Å². The SMILES string of the molecule is CCNC(=NCC1(c2cccc(F)c2)CC1)NCCC(=O)N1CCCC1. The number of amides is 1. The summed E-state index contributed by atoms with van der Waals surface area (Å²) in [5.41, 5.74) is 0.997. The number of hydrogen-bond acceptors (Lipinski definition) is 2. The molecule has 142 valence electrons. The van der Waals surface area contributed by atoms with E-state index in [2.05, 4.69) is 10.6 Å². The van der Waals surface area contributed by atoms with Gasteiger partial charge < -0.3 is 15.5 Å². The zero-order chi connectivity index (χ0) is 18.4. The minimum atomic E-state index is -0.191. The van der Waals surface area contributed by atoms with Crippen LogP contribution in [0, 0.1) is 5.82 Å². The van der Waals surface area contributed by atoms with E-state index in [0.717, 1.165) is 56.8 Å². The van der Waals surface area contributed by atoms with Gasteiger partial charge in [0.15, 0.2) is 5.96 Å². The van der Waals surface area contributed by atoms with E-state index < -0.39 is 0 Å². The van der Waals surface area contributed by atoms with Gasteiger partial charge in [0.2, 0.25) is 5.91 Å². The number of guanidine groups is 1. The molecule has 0 unspecified atom stereocenters. The molecule has 1 saturated heterocycles. The predicted molar refractivity (Wildman–Crippen MR) is 102 cm³/mol. The van der Waals surface area contributed by atoms with Gasteiger partial charge in [0.05, 0.1) is 6.54 Å². The smallest absolute Gasteiger partial charge is 0.224 e. The summed E-state index contributed by atoms with van der Waals surface area (Å²) in [6.07, 6.45) is 4.79. The molecule has 6 heteroatoms. The van der Waals surface area contributed by atoms with E-state index in [9.17, 15) is 9.18 Å². The molecule has 1 aromatic rings. The number of carbonyl (C=O) groups excluding carboxylic acids is 1. The zero-order valence-corrected chi connectivity index (χ0v) is 15.6. The maximum atomic E-state index is 13.5. The quantitative estimate of drug-likeness (QED) is 0.580. The van der Waals surface area contributed by atoms with E-state index in [1.54, 1.807) is 12.1 Å². The van der Waals surface area contributed by atoms with Gasteiger partial charge in [0.25, 0.3) is 0 Å². The Hall–Kier alpha value is -2.11. The topological polar surface area (TPSA) is 56.7 Å². The Bertz CT molecular complexity index is 651. The standard InChI is InChI=1S/C20H29FN4O/c1-2-22-19(23-11-8-18(26)25-12-3-4-13-25)24-15-20(9-10-20)16-6-5-7-17(21)14-16/h5-7,14H,2-4,8-13,15H2,1H3,(H2,22,23,24). The first-order valence-corrected chi connectivity index (χ1v) is 9.69. The normalized spacial score (nSPS) is 18.7. The first-order valence-electron chi connectivity index (χ1n) is 9.69. The number of likely N-dealkylation sites (tertiary alicyclic amines) is 1. The van der Waals surface area contributed by atoms with Crippen LogP contribution in [0.5, 0.6) is 0 Å². The molecule has 0 bridgehead atoms. The summed E-state index contributed by atoms with van der Waals surface area (Å²) in [5.74, 6) is 0.747. The Balaban J connectivity index is 1.53. The van der Waals surface area contributed by atoms with Crippen molar-refractivity contribution in [1.29, 1.82) is 0 Å². The van der Waals surface area contributed by atoms with Gasteiger partial charge in [-0.05, 0) is 50.3 Å². The highest BCUT2D eigenvalue weighted by molar-refractivity contribution is 5.81. The molecule has 1 amide bonds. The average Bonchev–Trinajstić information content (AvgIpc) is 3.22. The number of aliphatic imine (C=N–C) groups is 1.